The van der Waals surface area contributed by atoms with Gasteiger partial charge in [-0.05, 0) is 42.9 Å². The molecule has 2 atom stereocenters. The molecule has 2 aliphatic rings. The molecule has 2 saturated heterocycles. The number of hydrogen-bond acceptors (Lipinski definition) is 3. The lowest BCUT2D eigenvalue weighted by molar-refractivity contribution is -0.137. The van der Waals surface area contributed by atoms with Crippen molar-refractivity contribution in [3.8, 4) is 0 Å². The van der Waals surface area contributed by atoms with Gasteiger partial charge in [-0.1, -0.05) is 18.2 Å². The number of carbonyl (C=O) groups excluding carboxylic acids is 2. The number of amides is 3. The van der Waals surface area contributed by atoms with E-state index >= 15 is 0 Å². The molecule has 9 heteroatoms. The molecule has 166 valence electrons. The number of alkyl halides is 3. The topological polar surface area (TPSA) is 57.6 Å². The summed E-state index contributed by atoms with van der Waals surface area (Å²) in [4.78, 5) is 29.6. The fraction of sp³-hybridized carbons (Fsp3) is 0.304. The molecule has 0 unspecified atom stereocenters. The Morgan fingerprint density at radius 1 is 1.03 bits per heavy atom. The SMILES string of the molecule is CN1C[C@@H](c2cn(C)c3ccccc23)[C@]2(C1)NC(=O)N(c1ccc(C(F)(F)F)cc1)C2=O. The smallest absolute Gasteiger partial charge is 0.350 e. The summed E-state index contributed by atoms with van der Waals surface area (Å²) in [7, 11) is 3.81. The lowest BCUT2D eigenvalue weighted by atomic mass is 9.81. The first-order chi connectivity index (χ1) is 15.1. The van der Waals surface area contributed by atoms with E-state index in [1.807, 2.05) is 54.0 Å². The van der Waals surface area contributed by atoms with Crippen LogP contribution in [0.1, 0.15) is 17.0 Å². The molecule has 1 N–H and O–H groups in total. The zero-order valence-electron chi connectivity index (χ0n) is 17.5. The van der Waals surface area contributed by atoms with Crippen LogP contribution in [0.25, 0.3) is 10.9 Å². The molecule has 3 heterocycles. The number of aryl methyl sites for hydroxylation is 1. The Hall–Kier alpha value is -3.33. The van der Waals surface area contributed by atoms with E-state index in [4.69, 9.17) is 0 Å². The molecule has 1 spiro atoms. The summed E-state index contributed by atoms with van der Waals surface area (Å²) < 4.78 is 40.8. The van der Waals surface area contributed by atoms with Gasteiger partial charge in [0.05, 0.1) is 11.3 Å². The van der Waals surface area contributed by atoms with E-state index in [1.54, 1.807) is 0 Å². The van der Waals surface area contributed by atoms with E-state index in [0.29, 0.717) is 13.1 Å². The van der Waals surface area contributed by atoms with E-state index < -0.39 is 29.2 Å². The van der Waals surface area contributed by atoms with Gasteiger partial charge in [0, 0.05) is 43.2 Å². The van der Waals surface area contributed by atoms with Crippen molar-refractivity contribution in [2.24, 2.45) is 7.05 Å². The molecule has 0 saturated carbocycles. The number of nitrogens with zero attached hydrogens (tertiary/aromatic N) is 3. The highest BCUT2D eigenvalue weighted by molar-refractivity contribution is 6.24. The molecule has 2 aromatic carbocycles. The van der Waals surface area contributed by atoms with Crippen molar-refractivity contribution < 1.29 is 22.8 Å². The Morgan fingerprint density at radius 2 is 1.72 bits per heavy atom. The number of rotatable bonds is 2. The number of imide groups is 1. The monoisotopic (exact) mass is 442 g/mol. The van der Waals surface area contributed by atoms with E-state index in [9.17, 15) is 22.8 Å². The molecular weight excluding hydrogens is 421 g/mol. The fourth-order valence-corrected chi connectivity index (χ4v) is 5.05. The van der Waals surface area contributed by atoms with Crippen molar-refractivity contribution in [3.63, 3.8) is 0 Å². The highest BCUT2D eigenvalue weighted by atomic mass is 19.4. The molecule has 0 aliphatic carbocycles. The van der Waals surface area contributed by atoms with Crippen molar-refractivity contribution in [1.82, 2.24) is 14.8 Å². The molecule has 3 amide bonds. The van der Waals surface area contributed by atoms with Gasteiger partial charge in [-0.25, -0.2) is 9.69 Å². The van der Waals surface area contributed by atoms with Gasteiger partial charge in [-0.3, -0.25) is 4.79 Å². The predicted octanol–water partition coefficient (Wildman–Crippen LogP) is 3.72. The molecule has 32 heavy (non-hydrogen) atoms. The summed E-state index contributed by atoms with van der Waals surface area (Å²) in [5.74, 6) is -0.765. The normalized spacial score (nSPS) is 24.2. The maximum atomic E-state index is 13.7. The number of benzene rings is 2. The molecule has 5 rings (SSSR count). The molecule has 2 aliphatic heterocycles. The largest absolute Gasteiger partial charge is 0.416 e. The number of para-hydroxylation sites is 1. The molecular formula is C23H21F3N4O2. The zero-order chi connectivity index (χ0) is 22.8. The summed E-state index contributed by atoms with van der Waals surface area (Å²) in [5.41, 5.74) is 0.0540. The average Bonchev–Trinajstić information content (AvgIpc) is 3.33. The Kier molecular flexibility index (Phi) is 4.39. The van der Waals surface area contributed by atoms with Crippen LogP contribution in [0.4, 0.5) is 23.7 Å². The van der Waals surface area contributed by atoms with E-state index in [0.717, 1.165) is 45.6 Å². The second-order valence-electron chi connectivity index (χ2n) is 8.55. The number of anilines is 1. The number of aromatic nitrogens is 1. The van der Waals surface area contributed by atoms with Crippen LogP contribution in [-0.2, 0) is 18.0 Å². The van der Waals surface area contributed by atoms with Crippen LogP contribution in [0.3, 0.4) is 0 Å². The summed E-state index contributed by atoms with van der Waals surface area (Å²) in [5, 5.41) is 3.89. The van der Waals surface area contributed by atoms with Crippen LogP contribution in [0.5, 0.6) is 0 Å². The Morgan fingerprint density at radius 3 is 2.41 bits per heavy atom. The summed E-state index contributed by atoms with van der Waals surface area (Å²) in [6, 6.07) is 11.3. The van der Waals surface area contributed by atoms with Crippen molar-refractivity contribution in [3.05, 3.63) is 65.9 Å². The van der Waals surface area contributed by atoms with Crippen LogP contribution in [0.15, 0.2) is 54.7 Å². The number of urea groups is 1. The van der Waals surface area contributed by atoms with Crippen molar-refractivity contribution in [2.45, 2.75) is 17.6 Å². The first-order valence-corrected chi connectivity index (χ1v) is 10.2. The predicted molar refractivity (Wildman–Crippen MR) is 113 cm³/mol. The third-order valence-electron chi connectivity index (χ3n) is 6.48. The number of nitrogens with one attached hydrogen (secondary N) is 1. The molecule has 3 aromatic rings. The molecule has 0 bridgehead atoms. The van der Waals surface area contributed by atoms with Crippen LogP contribution >= 0.6 is 0 Å². The number of halogens is 3. The van der Waals surface area contributed by atoms with Gasteiger partial charge < -0.3 is 14.8 Å². The van der Waals surface area contributed by atoms with Gasteiger partial charge in [-0.15, -0.1) is 0 Å². The van der Waals surface area contributed by atoms with E-state index in [2.05, 4.69) is 5.32 Å². The lowest BCUT2D eigenvalue weighted by Gasteiger charge is -2.27. The maximum absolute atomic E-state index is 13.7. The second kappa shape index (κ2) is 6.83. The molecule has 6 nitrogen and oxygen atoms in total. The Bertz CT molecular complexity index is 1230. The van der Waals surface area contributed by atoms with Crippen molar-refractivity contribution in [1.29, 1.82) is 0 Å². The standard InChI is InChI=1S/C23H21F3N4O2/c1-28-12-18(17-11-29(2)19-6-4-3-5-16(17)19)22(13-28)20(31)30(21(32)27-22)15-9-7-14(8-10-15)23(24,25)26/h3-11,18H,12-13H2,1-2H3,(H,27,32)/t18-,22-/m0/s1. The van der Waals surface area contributed by atoms with Crippen LogP contribution < -0.4 is 10.2 Å². The van der Waals surface area contributed by atoms with Gasteiger partial charge in [0.15, 0.2) is 0 Å². The maximum Gasteiger partial charge on any atom is 0.416 e. The minimum atomic E-state index is -4.50. The Labute approximate surface area is 182 Å². The quantitative estimate of drug-likeness (QED) is 0.616. The number of likely N-dealkylation sites (tertiary alicyclic amines) is 1. The third kappa shape index (κ3) is 2.91. The highest BCUT2D eigenvalue weighted by Gasteiger charge is 2.60. The van der Waals surface area contributed by atoms with Gasteiger partial charge >= 0.3 is 12.2 Å². The molecule has 1 aromatic heterocycles. The minimum Gasteiger partial charge on any atom is -0.350 e. The fourth-order valence-electron chi connectivity index (χ4n) is 5.05. The number of likely N-dealkylation sites (N-methyl/N-ethyl adjacent to an activating group) is 1. The third-order valence-corrected chi connectivity index (χ3v) is 6.48. The van der Waals surface area contributed by atoms with Gasteiger partial charge in [0.1, 0.15) is 5.54 Å². The van der Waals surface area contributed by atoms with Gasteiger partial charge in [0.2, 0.25) is 0 Å². The highest BCUT2D eigenvalue weighted by Crippen LogP contribution is 2.43. The first kappa shape index (κ1) is 20.6. The van der Waals surface area contributed by atoms with Crippen LogP contribution in [0.2, 0.25) is 0 Å². The minimum absolute atomic E-state index is 0.114. The molecule has 2 fully saturated rings. The molecule has 0 radical (unpaired) electrons. The van der Waals surface area contributed by atoms with E-state index in [1.165, 1.54) is 0 Å². The number of fused-ring (bicyclic) bond motifs is 1. The summed E-state index contributed by atoms with van der Waals surface area (Å²) in [6.07, 6.45) is -2.51. The number of hydrogen-bond donors (Lipinski definition) is 1. The van der Waals surface area contributed by atoms with Gasteiger partial charge in [-0.2, -0.15) is 13.2 Å². The van der Waals surface area contributed by atoms with Crippen LogP contribution in [-0.4, -0.2) is 47.1 Å². The summed E-state index contributed by atoms with van der Waals surface area (Å²) >= 11 is 0. The summed E-state index contributed by atoms with van der Waals surface area (Å²) in [6.45, 7) is 0.865. The number of carbonyl (C=O) groups is 2. The zero-order valence-corrected chi connectivity index (χ0v) is 17.5. The Balaban J connectivity index is 1.56. The van der Waals surface area contributed by atoms with E-state index in [-0.39, 0.29) is 11.6 Å². The first-order valence-electron chi connectivity index (χ1n) is 10.2. The lowest BCUT2D eigenvalue weighted by Crippen LogP contribution is -2.52. The van der Waals surface area contributed by atoms with Crippen LogP contribution in [0, 0.1) is 0 Å². The van der Waals surface area contributed by atoms with Crippen molar-refractivity contribution in [2.75, 3.05) is 25.0 Å². The van der Waals surface area contributed by atoms with Crippen molar-refractivity contribution >= 4 is 28.5 Å². The van der Waals surface area contributed by atoms with Gasteiger partial charge in [0.25, 0.3) is 5.91 Å². The average molecular weight is 442 g/mol. The second-order valence-corrected chi connectivity index (χ2v) is 8.55.